The molecule has 1 N–H and O–H groups in total. The zero-order valence-corrected chi connectivity index (χ0v) is 25.1. The van der Waals surface area contributed by atoms with Gasteiger partial charge in [-0.25, -0.2) is 8.42 Å². The van der Waals surface area contributed by atoms with Crippen LogP contribution in [-0.2, 0) is 27.9 Å². The molecule has 0 saturated carbocycles. The van der Waals surface area contributed by atoms with Crippen LogP contribution in [0.25, 0.3) is 6.08 Å². The van der Waals surface area contributed by atoms with E-state index < -0.39 is 15.9 Å². The first kappa shape index (κ1) is 29.9. The number of nitrogens with zero attached hydrogens (tertiary/aromatic N) is 2. The molecule has 3 aromatic carbocycles. The highest BCUT2D eigenvalue weighted by molar-refractivity contribution is 9.10. The van der Waals surface area contributed by atoms with Crippen molar-refractivity contribution in [2.45, 2.75) is 18.0 Å². The molecule has 0 spiro atoms. The van der Waals surface area contributed by atoms with Crippen LogP contribution >= 0.6 is 50.7 Å². The first-order valence-electron chi connectivity index (χ1n) is 11.5. The van der Waals surface area contributed by atoms with Crippen LogP contribution in [0.4, 0.5) is 5.69 Å². The van der Waals surface area contributed by atoms with Crippen molar-refractivity contribution in [1.29, 1.82) is 5.26 Å². The van der Waals surface area contributed by atoms with Crippen LogP contribution in [0.3, 0.4) is 0 Å². The second-order valence-corrected chi connectivity index (χ2v) is 12.5. The van der Waals surface area contributed by atoms with Crippen LogP contribution < -0.4 is 5.32 Å². The second-order valence-electron chi connectivity index (χ2n) is 8.41. The predicted molar refractivity (Wildman–Crippen MR) is 159 cm³/mol. The molecule has 0 aliphatic rings. The average molecular weight is 680 g/mol. The molecule has 0 fully saturated rings. The number of rotatable bonds is 9. The summed E-state index contributed by atoms with van der Waals surface area (Å²) in [5, 5.41) is 13.2. The van der Waals surface area contributed by atoms with Crippen molar-refractivity contribution in [1.82, 2.24) is 4.31 Å². The first-order chi connectivity index (χ1) is 19.0. The van der Waals surface area contributed by atoms with E-state index in [0.717, 1.165) is 4.47 Å². The van der Waals surface area contributed by atoms with Gasteiger partial charge in [-0.05, 0) is 78.4 Å². The molecule has 7 nitrogen and oxygen atoms in total. The van der Waals surface area contributed by atoms with Crippen molar-refractivity contribution in [2.75, 3.05) is 5.32 Å². The van der Waals surface area contributed by atoms with Gasteiger partial charge in [0.25, 0.3) is 5.91 Å². The quantitative estimate of drug-likeness (QED) is 0.143. The molecule has 4 rings (SSSR count). The fourth-order valence-corrected chi connectivity index (χ4v) is 5.68. The van der Waals surface area contributed by atoms with Crippen molar-refractivity contribution in [3.63, 3.8) is 0 Å². The second kappa shape index (κ2) is 13.0. The third-order valence-electron chi connectivity index (χ3n) is 5.56. The Morgan fingerprint density at radius 2 is 1.65 bits per heavy atom. The van der Waals surface area contributed by atoms with Crippen LogP contribution in [0.2, 0.25) is 15.1 Å². The number of benzene rings is 3. The molecule has 204 valence electrons. The topological polar surface area (TPSA) is 103 Å². The highest BCUT2D eigenvalue weighted by Crippen LogP contribution is 2.27. The van der Waals surface area contributed by atoms with Gasteiger partial charge < -0.3 is 9.73 Å². The fourth-order valence-electron chi connectivity index (χ4n) is 3.58. The van der Waals surface area contributed by atoms with E-state index >= 15 is 0 Å². The molecule has 0 radical (unpaired) electrons. The van der Waals surface area contributed by atoms with Gasteiger partial charge in [0, 0.05) is 27.8 Å². The summed E-state index contributed by atoms with van der Waals surface area (Å²) in [4.78, 5) is 12.7. The van der Waals surface area contributed by atoms with E-state index in [9.17, 15) is 18.5 Å². The van der Waals surface area contributed by atoms with Gasteiger partial charge in [0.05, 0.1) is 21.5 Å². The highest BCUT2D eigenvalue weighted by Gasteiger charge is 2.26. The van der Waals surface area contributed by atoms with Crippen LogP contribution in [0.15, 0.2) is 98.2 Å². The molecule has 4 aromatic rings. The highest BCUT2D eigenvalue weighted by atomic mass is 79.9. The van der Waals surface area contributed by atoms with Gasteiger partial charge in [0.2, 0.25) is 10.0 Å². The number of nitriles is 1. The Morgan fingerprint density at radius 1 is 0.950 bits per heavy atom. The van der Waals surface area contributed by atoms with E-state index in [1.807, 2.05) is 6.07 Å². The number of hydrogen-bond donors (Lipinski definition) is 1. The summed E-state index contributed by atoms with van der Waals surface area (Å²) in [5.41, 5.74) is 0.931. The molecule has 0 bridgehead atoms. The lowest BCUT2D eigenvalue weighted by molar-refractivity contribution is -0.112. The number of sulfonamides is 1. The van der Waals surface area contributed by atoms with Crippen LogP contribution in [0, 0.1) is 11.3 Å². The minimum atomic E-state index is -4.00. The van der Waals surface area contributed by atoms with Crippen molar-refractivity contribution in [3.8, 4) is 6.07 Å². The molecule has 0 aliphatic heterocycles. The van der Waals surface area contributed by atoms with Gasteiger partial charge in [0.1, 0.15) is 23.2 Å². The van der Waals surface area contributed by atoms with Gasteiger partial charge in [-0.2, -0.15) is 9.57 Å². The summed E-state index contributed by atoms with van der Waals surface area (Å²) in [6.45, 7) is -0.182. The molecular formula is C28H19BrCl3N3O4S. The van der Waals surface area contributed by atoms with Crippen molar-refractivity contribution in [3.05, 3.63) is 121 Å². The minimum Gasteiger partial charge on any atom is -0.460 e. The van der Waals surface area contributed by atoms with Crippen molar-refractivity contribution in [2.24, 2.45) is 0 Å². The third-order valence-corrected chi connectivity index (χ3v) is 8.89. The standard InChI is InChI=1S/C28H19BrCl3N3O4S/c29-20-2-6-22(7-3-20)34-28(36)19(15-33)14-23-8-9-24(39-23)17-35(16-18-1-12-26(31)27(32)13-18)40(37,38)25-10-4-21(30)5-11-25/h1-14H,16-17H2,(H,34,36)/b19-14-. The zero-order chi connectivity index (χ0) is 28.9. The number of furan rings is 1. The van der Waals surface area contributed by atoms with E-state index in [2.05, 4.69) is 21.2 Å². The van der Waals surface area contributed by atoms with Crippen LogP contribution in [-0.4, -0.2) is 18.6 Å². The van der Waals surface area contributed by atoms with E-state index in [4.69, 9.17) is 39.2 Å². The lowest BCUT2D eigenvalue weighted by Gasteiger charge is -2.22. The number of carbonyl (C=O) groups is 1. The third kappa shape index (κ3) is 7.55. The normalized spacial score (nSPS) is 11.8. The number of hydrogen-bond acceptors (Lipinski definition) is 5. The Labute approximate surface area is 254 Å². The Bertz CT molecular complexity index is 1710. The maximum absolute atomic E-state index is 13.6. The van der Waals surface area contributed by atoms with E-state index in [0.29, 0.717) is 26.3 Å². The Morgan fingerprint density at radius 3 is 2.30 bits per heavy atom. The van der Waals surface area contributed by atoms with Gasteiger partial charge in [-0.3, -0.25) is 4.79 Å². The average Bonchev–Trinajstić information content (AvgIpc) is 3.37. The SMILES string of the molecule is N#C/C(=C/c1ccc(CN(Cc2ccc(Cl)c(Cl)c2)S(=O)(=O)c2ccc(Cl)cc2)o1)C(=O)Nc1ccc(Br)cc1. The fraction of sp³-hybridized carbons (Fsp3) is 0.0714. The Kier molecular flexibility index (Phi) is 9.74. The molecule has 1 aromatic heterocycles. The molecule has 1 amide bonds. The number of anilines is 1. The number of halogens is 4. The molecule has 40 heavy (non-hydrogen) atoms. The number of carbonyl (C=O) groups excluding carboxylic acids is 1. The molecule has 12 heteroatoms. The summed E-state index contributed by atoms with van der Waals surface area (Å²) < 4.78 is 35.0. The van der Waals surface area contributed by atoms with Crippen molar-refractivity contribution >= 4 is 78.4 Å². The van der Waals surface area contributed by atoms with E-state index in [1.165, 1.54) is 34.6 Å². The lowest BCUT2D eigenvalue weighted by Crippen LogP contribution is -2.30. The monoisotopic (exact) mass is 677 g/mol. The number of amides is 1. The summed E-state index contributed by atoms with van der Waals surface area (Å²) in [7, 11) is -4.00. The smallest absolute Gasteiger partial charge is 0.266 e. The lowest BCUT2D eigenvalue weighted by atomic mass is 10.2. The minimum absolute atomic E-state index is 0.0350. The molecular weight excluding hydrogens is 661 g/mol. The summed E-state index contributed by atoms with van der Waals surface area (Å²) in [6.07, 6.45) is 1.29. The van der Waals surface area contributed by atoms with Gasteiger partial charge in [-0.15, -0.1) is 0 Å². The maximum atomic E-state index is 13.6. The molecule has 1 heterocycles. The summed E-state index contributed by atoms with van der Waals surface area (Å²) >= 11 is 21.5. The van der Waals surface area contributed by atoms with Crippen LogP contribution in [0.1, 0.15) is 17.1 Å². The van der Waals surface area contributed by atoms with E-state index in [1.54, 1.807) is 54.6 Å². The maximum Gasteiger partial charge on any atom is 0.266 e. The van der Waals surface area contributed by atoms with Crippen LogP contribution in [0.5, 0.6) is 0 Å². The predicted octanol–water partition coefficient (Wildman–Crippen LogP) is 7.94. The largest absolute Gasteiger partial charge is 0.460 e. The van der Waals surface area contributed by atoms with Gasteiger partial charge in [0.15, 0.2) is 0 Å². The molecule has 0 aliphatic carbocycles. The Balaban J connectivity index is 1.59. The van der Waals surface area contributed by atoms with E-state index in [-0.39, 0.29) is 35.1 Å². The summed E-state index contributed by atoms with van der Waals surface area (Å²) in [6, 6.07) is 22.5. The Hall–Kier alpha value is -3.10. The first-order valence-corrected chi connectivity index (χ1v) is 14.9. The zero-order valence-electron chi connectivity index (χ0n) is 20.4. The molecule has 0 unspecified atom stereocenters. The number of nitrogens with one attached hydrogen (secondary N) is 1. The van der Waals surface area contributed by atoms with Crippen molar-refractivity contribution < 1.29 is 17.6 Å². The van der Waals surface area contributed by atoms with Gasteiger partial charge >= 0.3 is 0 Å². The van der Waals surface area contributed by atoms with Gasteiger partial charge in [-0.1, -0.05) is 56.8 Å². The summed E-state index contributed by atoms with van der Waals surface area (Å²) in [5.74, 6) is -0.125. The molecule has 0 atom stereocenters. The molecule has 0 saturated heterocycles.